The van der Waals surface area contributed by atoms with Gasteiger partial charge in [0.25, 0.3) is 0 Å². The Kier molecular flexibility index (Phi) is 5.55. The average molecular weight is 408 g/mol. The van der Waals surface area contributed by atoms with Crippen LogP contribution in [0.3, 0.4) is 0 Å². The van der Waals surface area contributed by atoms with E-state index in [0.717, 1.165) is 0 Å². The van der Waals surface area contributed by atoms with Crippen LogP contribution < -0.4 is 9.04 Å². The highest BCUT2D eigenvalue weighted by Crippen LogP contribution is 2.34. The largest absolute Gasteiger partial charge is 0.516 e. The molecule has 3 rings (SSSR count). The summed E-state index contributed by atoms with van der Waals surface area (Å²) in [5.74, 6) is 0.675. The maximum atomic E-state index is 13.2. The summed E-state index contributed by atoms with van der Waals surface area (Å²) in [6.07, 6.45) is 2.75. The van der Waals surface area contributed by atoms with Gasteiger partial charge in [-0.2, -0.15) is 21.6 Å². The van der Waals surface area contributed by atoms with Gasteiger partial charge in [-0.1, -0.05) is 30.3 Å². The Morgan fingerprint density at radius 2 is 1.64 bits per heavy atom. The molecule has 0 unspecified atom stereocenters. The van der Waals surface area contributed by atoms with Crippen molar-refractivity contribution in [1.29, 1.82) is 0 Å². The standard InChI is InChI=1S/C19H15F3N2O3S/c20-19(21,22)28(25,26)24(14-15-6-5-11-23-13-15)16-7-4-10-18(12-16)27-17-8-2-1-3-9-17/h1-13H,14H2. The number of benzene rings is 2. The first-order valence-electron chi connectivity index (χ1n) is 8.08. The number of anilines is 1. The van der Waals surface area contributed by atoms with Crippen LogP contribution in [0.2, 0.25) is 0 Å². The first-order valence-corrected chi connectivity index (χ1v) is 9.52. The van der Waals surface area contributed by atoms with Crippen molar-refractivity contribution in [1.82, 2.24) is 4.98 Å². The third kappa shape index (κ3) is 4.42. The van der Waals surface area contributed by atoms with Gasteiger partial charge in [0.05, 0.1) is 12.2 Å². The molecular weight excluding hydrogens is 393 g/mol. The molecule has 0 bridgehead atoms. The Morgan fingerprint density at radius 1 is 0.929 bits per heavy atom. The second-order valence-electron chi connectivity index (χ2n) is 5.73. The third-order valence-electron chi connectivity index (χ3n) is 3.72. The normalized spacial score (nSPS) is 11.8. The van der Waals surface area contributed by atoms with E-state index in [1.54, 1.807) is 30.3 Å². The number of rotatable bonds is 6. The van der Waals surface area contributed by atoms with Crippen LogP contribution in [-0.4, -0.2) is 18.9 Å². The Morgan fingerprint density at radius 3 is 2.29 bits per heavy atom. The SMILES string of the molecule is O=S(=O)(N(Cc1cccnc1)c1cccc(Oc2ccccc2)c1)C(F)(F)F. The fraction of sp³-hybridized carbons (Fsp3) is 0.105. The maximum Gasteiger partial charge on any atom is 0.516 e. The molecule has 0 radical (unpaired) electrons. The topological polar surface area (TPSA) is 59.5 Å². The number of sulfonamides is 1. The van der Waals surface area contributed by atoms with Crippen LogP contribution in [0.4, 0.5) is 18.9 Å². The fourth-order valence-electron chi connectivity index (χ4n) is 2.42. The molecule has 1 heterocycles. The summed E-state index contributed by atoms with van der Waals surface area (Å²) in [5, 5.41) is 0. The minimum Gasteiger partial charge on any atom is -0.457 e. The van der Waals surface area contributed by atoms with E-state index in [0.29, 0.717) is 15.6 Å². The zero-order chi connectivity index (χ0) is 20.2. The lowest BCUT2D eigenvalue weighted by molar-refractivity contribution is -0.0438. The van der Waals surface area contributed by atoms with Crippen LogP contribution >= 0.6 is 0 Å². The predicted octanol–water partition coefficient (Wildman–Crippen LogP) is 4.73. The summed E-state index contributed by atoms with van der Waals surface area (Å²) in [7, 11) is -5.63. The number of alkyl halides is 3. The molecule has 0 aliphatic carbocycles. The van der Waals surface area contributed by atoms with Crippen molar-refractivity contribution in [3.63, 3.8) is 0 Å². The molecule has 0 aliphatic rings. The van der Waals surface area contributed by atoms with Crippen molar-refractivity contribution < 1.29 is 26.3 Å². The molecule has 0 saturated carbocycles. The predicted molar refractivity (Wildman–Crippen MR) is 98.4 cm³/mol. The molecule has 1 aromatic heterocycles. The molecule has 9 heteroatoms. The number of hydrogen-bond acceptors (Lipinski definition) is 4. The van der Waals surface area contributed by atoms with E-state index in [1.165, 1.54) is 48.8 Å². The molecule has 2 aromatic carbocycles. The minimum atomic E-state index is -5.63. The first kappa shape index (κ1) is 19.7. The van der Waals surface area contributed by atoms with Crippen LogP contribution in [-0.2, 0) is 16.6 Å². The lowest BCUT2D eigenvalue weighted by atomic mass is 10.2. The maximum absolute atomic E-state index is 13.2. The number of hydrogen-bond donors (Lipinski definition) is 0. The molecular formula is C19H15F3N2O3S. The van der Waals surface area contributed by atoms with Crippen LogP contribution in [0.5, 0.6) is 11.5 Å². The molecule has 0 saturated heterocycles. The zero-order valence-corrected chi connectivity index (χ0v) is 15.2. The Bertz CT molecular complexity index is 1030. The summed E-state index contributed by atoms with van der Waals surface area (Å²) in [6.45, 7) is -0.523. The summed E-state index contributed by atoms with van der Waals surface area (Å²) in [4.78, 5) is 3.82. The monoisotopic (exact) mass is 408 g/mol. The van der Waals surface area contributed by atoms with Crippen molar-refractivity contribution in [3.05, 3.63) is 84.7 Å². The third-order valence-corrected chi connectivity index (χ3v) is 5.22. The van der Waals surface area contributed by atoms with Crippen molar-refractivity contribution in [3.8, 4) is 11.5 Å². The highest BCUT2D eigenvalue weighted by atomic mass is 32.2. The van der Waals surface area contributed by atoms with E-state index in [-0.39, 0.29) is 11.4 Å². The number of ether oxygens (including phenoxy) is 1. The van der Waals surface area contributed by atoms with E-state index in [2.05, 4.69) is 4.98 Å². The van der Waals surface area contributed by atoms with Gasteiger partial charge in [0, 0.05) is 18.5 Å². The molecule has 3 aromatic rings. The quantitative estimate of drug-likeness (QED) is 0.592. The van der Waals surface area contributed by atoms with Gasteiger partial charge in [-0.3, -0.25) is 9.29 Å². The number of nitrogens with zero attached hydrogens (tertiary/aromatic N) is 2. The van der Waals surface area contributed by atoms with Gasteiger partial charge in [0.15, 0.2) is 0 Å². The number of para-hydroxylation sites is 1. The summed E-state index contributed by atoms with van der Waals surface area (Å²) in [5.41, 5.74) is -5.31. The minimum absolute atomic E-state index is 0.172. The lowest BCUT2D eigenvalue weighted by Gasteiger charge is -2.25. The van der Waals surface area contributed by atoms with Gasteiger partial charge < -0.3 is 4.74 Å². The Labute approximate surface area is 160 Å². The summed E-state index contributed by atoms with van der Waals surface area (Å²) >= 11 is 0. The van der Waals surface area contributed by atoms with Crippen LogP contribution in [0, 0.1) is 0 Å². The number of aromatic nitrogens is 1. The molecule has 0 fully saturated rings. The molecule has 146 valence electrons. The second kappa shape index (κ2) is 7.89. The molecule has 0 aliphatic heterocycles. The van der Waals surface area contributed by atoms with Gasteiger partial charge in [-0.25, -0.2) is 0 Å². The van der Waals surface area contributed by atoms with Crippen LogP contribution in [0.1, 0.15) is 5.56 Å². The van der Waals surface area contributed by atoms with Gasteiger partial charge in [0.2, 0.25) is 0 Å². The van der Waals surface area contributed by atoms with Crippen molar-refractivity contribution in [2.24, 2.45) is 0 Å². The Hall–Kier alpha value is -3.07. The van der Waals surface area contributed by atoms with Gasteiger partial charge in [-0.15, -0.1) is 0 Å². The highest BCUT2D eigenvalue weighted by Gasteiger charge is 2.50. The highest BCUT2D eigenvalue weighted by molar-refractivity contribution is 7.93. The molecule has 5 nitrogen and oxygen atoms in total. The lowest BCUT2D eigenvalue weighted by Crippen LogP contribution is -2.40. The van der Waals surface area contributed by atoms with Crippen LogP contribution in [0.15, 0.2) is 79.1 Å². The summed E-state index contributed by atoms with van der Waals surface area (Å²) < 4.78 is 70.0. The smallest absolute Gasteiger partial charge is 0.457 e. The average Bonchev–Trinajstić information content (AvgIpc) is 2.67. The second-order valence-corrected chi connectivity index (χ2v) is 7.58. The molecule has 28 heavy (non-hydrogen) atoms. The molecule has 0 spiro atoms. The van der Waals surface area contributed by atoms with Crippen molar-refractivity contribution in [2.45, 2.75) is 12.1 Å². The zero-order valence-electron chi connectivity index (χ0n) is 14.4. The van der Waals surface area contributed by atoms with Crippen LogP contribution in [0.25, 0.3) is 0 Å². The molecule has 0 amide bonds. The first-order chi connectivity index (χ1) is 13.3. The van der Waals surface area contributed by atoms with Crippen molar-refractivity contribution in [2.75, 3.05) is 4.31 Å². The number of pyridine rings is 1. The van der Waals surface area contributed by atoms with Gasteiger partial charge in [0.1, 0.15) is 11.5 Å². The van der Waals surface area contributed by atoms with Crippen molar-refractivity contribution >= 4 is 15.7 Å². The molecule has 0 N–H and O–H groups in total. The van der Waals surface area contributed by atoms with E-state index in [1.807, 2.05) is 0 Å². The van der Waals surface area contributed by atoms with Gasteiger partial charge in [-0.05, 0) is 35.9 Å². The fourth-order valence-corrected chi connectivity index (χ4v) is 3.38. The van der Waals surface area contributed by atoms with E-state index in [9.17, 15) is 21.6 Å². The summed E-state index contributed by atoms with van der Waals surface area (Å²) in [6, 6.07) is 17.1. The Balaban J connectivity index is 1.99. The van der Waals surface area contributed by atoms with E-state index < -0.39 is 22.1 Å². The van der Waals surface area contributed by atoms with E-state index in [4.69, 9.17) is 4.74 Å². The molecule has 0 atom stereocenters. The number of halogens is 3. The van der Waals surface area contributed by atoms with Gasteiger partial charge >= 0.3 is 15.5 Å². The van der Waals surface area contributed by atoms with E-state index >= 15 is 0 Å².